The van der Waals surface area contributed by atoms with Gasteiger partial charge < -0.3 is 24.4 Å². The van der Waals surface area contributed by atoms with E-state index in [1.54, 1.807) is 36.4 Å². The zero-order valence-corrected chi connectivity index (χ0v) is 20.9. The van der Waals surface area contributed by atoms with Crippen LogP contribution in [-0.2, 0) is 9.59 Å². The summed E-state index contributed by atoms with van der Waals surface area (Å²) in [7, 11) is 3.81. The second-order valence-electron chi connectivity index (χ2n) is 8.79. The van der Waals surface area contributed by atoms with E-state index in [0.29, 0.717) is 37.6 Å². The molecule has 0 saturated carbocycles. The standard InChI is InChI=1S/C28H34N2O5/c1-6-16-34-22-11-8-20(9-12-22)25-24(27(32)28(33)30(25)15-14-29(4)5)26(31)21-10-13-23(19(3)18-21)35-17-7-2/h6,8-13,18,25,31H,1,7,14-17H2,2-5H3. The van der Waals surface area contributed by atoms with E-state index in [0.717, 1.165) is 23.3 Å². The van der Waals surface area contributed by atoms with Crippen molar-refractivity contribution in [2.45, 2.75) is 26.3 Å². The predicted molar refractivity (Wildman–Crippen MR) is 137 cm³/mol. The van der Waals surface area contributed by atoms with Crippen molar-refractivity contribution in [2.75, 3.05) is 40.4 Å². The Morgan fingerprint density at radius 2 is 1.86 bits per heavy atom. The van der Waals surface area contributed by atoms with Crippen molar-refractivity contribution in [3.05, 3.63) is 77.4 Å². The van der Waals surface area contributed by atoms with E-state index in [1.165, 1.54) is 4.90 Å². The molecule has 0 bridgehead atoms. The van der Waals surface area contributed by atoms with Crippen molar-refractivity contribution in [1.82, 2.24) is 9.80 Å². The molecule has 1 aliphatic heterocycles. The molecule has 1 aliphatic rings. The zero-order valence-electron chi connectivity index (χ0n) is 20.9. The Morgan fingerprint density at radius 1 is 1.14 bits per heavy atom. The molecule has 2 aromatic carbocycles. The number of aliphatic hydroxyl groups excluding tert-OH is 1. The minimum Gasteiger partial charge on any atom is -0.507 e. The summed E-state index contributed by atoms with van der Waals surface area (Å²) in [5, 5.41) is 11.3. The monoisotopic (exact) mass is 478 g/mol. The Morgan fingerprint density at radius 3 is 2.46 bits per heavy atom. The fourth-order valence-electron chi connectivity index (χ4n) is 3.99. The maximum Gasteiger partial charge on any atom is 0.295 e. The lowest BCUT2D eigenvalue weighted by Gasteiger charge is -2.26. The van der Waals surface area contributed by atoms with Crippen molar-refractivity contribution < 1.29 is 24.2 Å². The third-order valence-corrected chi connectivity index (χ3v) is 5.80. The molecule has 186 valence electrons. The van der Waals surface area contributed by atoms with Crippen LogP contribution in [0.15, 0.2) is 60.7 Å². The topological polar surface area (TPSA) is 79.3 Å². The average Bonchev–Trinajstić information content (AvgIpc) is 3.10. The Kier molecular flexibility index (Phi) is 8.71. The molecule has 7 heteroatoms. The minimum atomic E-state index is -0.709. The number of ketones is 1. The van der Waals surface area contributed by atoms with Gasteiger partial charge in [0, 0.05) is 18.7 Å². The summed E-state index contributed by atoms with van der Waals surface area (Å²) < 4.78 is 11.3. The van der Waals surface area contributed by atoms with Crippen molar-refractivity contribution in [2.24, 2.45) is 0 Å². The van der Waals surface area contributed by atoms with Crippen LogP contribution in [-0.4, -0.2) is 67.0 Å². The summed E-state index contributed by atoms with van der Waals surface area (Å²) in [6.45, 7) is 9.45. The van der Waals surface area contributed by atoms with Gasteiger partial charge in [-0.05, 0) is 68.9 Å². The van der Waals surface area contributed by atoms with Gasteiger partial charge in [0.05, 0.1) is 18.2 Å². The predicted octanol–water partition coefficient (Wildman–Crippen LogP) is 4.33. The molecule has 0 aromatic heterocycles. The largest absolute Gasteiger partial charge is 0.507 e. The van der Waals surface area contributed by atoms with E-state index < -0.39 is 17.7 Å². The molecule has 1 heterocycles. The smallest absolute Gasteiger partial charge is 0.295 e. The maximum absolute atomic E-state index is 13.2. The summed E-state index contributed by atoms with van der Waals surface area (Å²) in [4.78, 5) is 29.7. The molecule has 0 aliphatic carbocycles. The molecular formula is C28H34N2O5. The van der Waals surface area contributed by atoms with Crippen LogP contribution in [0.3, 0.4) is 0 Å². The number of likely N-dealkylation sites (N-methyl/N-ethyl adjacent to an activating group) is 1. The number of likely N-dealkylation sites (tertiary alicyclic amines) is 1. The number of carbonyl (C=O) groups is 2. The molecule has 1 amide bonds. The van der Waals surface area contributed by atoms with Gasteiger partial charge in [-0.25, -0.2) is 0 Å². The van der Waals surface area contributed by atoms with Gasteiger partial charge in [0.25, 0.3) is 11.7 Å². The number of Topliss-reactive ketones (excluding diaryl/α,β-unsaturated/α-hetero) is 1. The van der Waals surface area contributed by atoms with Gasteiger partial charge in [0.15, 0.2) is 0 Å². The fourth-order valence-corrected chi connectivity index (χ4v) is 3.99. The highest BCUT2D eigenvalue weighted by molar-refractivity contribution is 6.46. The van der Waals surface area contributed by atoms with Gasteiger partial charge in [-0.2, -0.15) is 0 Å². The summed E-state index contributed by atoms with van der Waals surface area (Å²) in [5.74, 6) is -0.135. The van der Waals surface area contributed by atoms with Gasteiger partial charge in [-0.15, -0.1) is 0 Å². The van der Waals surface area contributed by atoms with E-state index in [2.05, 4.69) is 6.58 Å². The second-order valence-corrected chi connectivity index (χ2v) is 8.79. The van der Waals surface area contributed by atoms with Crippen LogP contribution in [0.25, 0.3) is 5.76 Å². The summed E-state index contributed by atoms with van der Waals surface area (Å²) in [6.07, 6.45) is 2.54. The molecule has 0 spiro atoms. The molecule has 35 heavy (non-hydrogen) atoms. The van der Waals surface area contributed by atoms with E-state index in [1.807, 2.05) is 45.0 Å². The quantitative estimate of drug-likeness (QED) is 0.224. The van der Waals surface area contributed by atoms with Crippen LogP contribution in [0.2, 0.25) is 0 Å². The molecule has 3 rings (SSSR count). The number of rotatable bonds is 11. The highest BCUT2D eigenvalue weighted by atomic mass is 16.5. The minimum absolute atomic E-state index is 0.0788. The molecule has 1 unspecified atom stereocenters. The number of ether oxygens (including phenoxy) is 2. The first-order valence-electron chi connectivity index (χ1n) is 11.8. The highest BCUT2D eigenvalue weighted by Crippen LogP contribution is 2.40. The van der Waals surface area contributed by atoms with Crippen LogP contribution in [0.5, 0.6) is 11.5 Å². The average molecular weight is 479 g/mol. The van der Waals surface area contributed by atoms with E-state index >= 15 is 0 Å². The highest BCUT2D eigenvalue weighted by Gasteiger charge is 2.45. The lowest BCUT2D eigenvalue weighted by molar-refractivity contribution is -0.140. The number of aliphatic hydroxyl groups is 1. The normalized spacial score (nSPS) is 17.2. The first-order chi connectivity index (χ1) is 16.8. The maximum atomic E-state index is 13.2. The third kappa shape index (κ3) is 5.92. The number of amides is 1. The van der Waals surface area contributed by atoms with E-state index in [4.69, 9.17) is 9.47 Å². The molecule has 1 fully saturated rings. The Hall–Kier alpha value is -3.58. The van der Waals surface area contributed by atoms with E-state index in [-0.39, 0.29) is 11.3 Å². The molecule has 1 N–H and O–H groups in total. The molecular weight excluding hydrogens is 444 g/mol. The third-order valence-electron chi connectivity index (χ3n) is 5.80. The first kappa shape index (κ1) is 26.0. The van der Waals surface area contributed by atoms with Gasteiger partial charge >= 0.3 is 0 Å². The summed E-state index contributed by atoms with van der Waals surface area (Å²) in [6, 6.07) is 11.8. The van der Waals surface area contributed by atoms with Crippen LogP contribution in [0.1, 0.15) is 36.1 Å². The van der Waals surface area contributed by atoms with Crippen LogP contribution >= 0.6 is 0 Å². The zero-order chi connectivity index (χ0) is 25.5. The van der Waals surface area contributed by atoms with E-state index in [9.17, 15) is 14.7 Å². The van der Waals surface area contributed by atoms with Crippen molar-refractivity contribution >= 4 is 17.4 Å². The van der Waals surface area contributed by atoms with Gasteiger partial charge in [0.1, 0.15) is 23.9 Å². The molecule has 7 nitrogen and oxygen atoms in total. The van der Waals surface area contributed by atoms with Gasteiger partial charge in [0.2, 0.25) is 0 Å². The first-order valence-corrected chi connectivity index (χ1v) is 11.8. The van der Waals surface area contributed by atoms with Crippen LogP contribution in [0.4, 0.5) is 0 Å². The van der Waals surface area contributed by atoms with Crippen molar-refractivity contribution in [3.8, 4) is 11.5 Å². The van der Waals surface area contributed by atoms with Crippen LogP contribution in [0, 0.1) is 6.92 Å². The van der Waals surface area contributed by atoms with Gasteiger partial charge in [-0.3, -0.25) is 9.59 Å². The number of hydrogen-bond donors (Lipinski definition) is 1. The lowest BCUT2D eigenvalue weighted by Crippen LogP contribution is -2.35. The Balaban J connectivity index is 2.06. The Labute approximate surface area is 207 Å². The number of hydrogen-bond acceptors (Lipinski definition) is 6. The Bertz CT molecular complexity index is 1100. The second kappa shape index (κ2) is 11.7. The van der Waals surface area contributed by atoms with Crippen molar-refractivity contribution in [1.29, 1.82) is 0 Å². The molecule has 2 aromatic rings. The summed E-state index contributed by atoms with van der Waals surface area (Å²) in [5.41, 5.74) is 2.10. The van der Waals surface area contributed by atoms with Crippen LogP contribution < -0.4 is 9.47 Å². The fraction of sp³-hybridized carbons (Fsp3) is 0.357. The summed E-state index contributed by atoms with van der Waals surface area (Å²) >= 11 is 0. The molecule has 0 radical (unpaired) electrons. The van der Waals surface area contributed by atoms with Crippen molar-refractivity contribution in [3.63, 3.8) is 0 Å². The number of aryl methyl sites for hydroxylation is 1. The molecule has 1 saturated heterocycles. The molecule has 1 atom stereocenters. The number of benzene rings is 2. The number of nitrogens with zero attached hydrogens (tertiary/aromatic N) is 2. The SMILES string of the molecule is C=CCOc1ccc(C2C(=C(O)c3ccc(OCCC)c(C)c3)C(=O)C(=O)N2CCN(C)C)cc1. The van der Waals surface area contributed by atoms with Gasteiger partial charge in [-0.1, -0.05) is 31.7 Å². The number of carbonyl (C=O) groups excluding carboxylic acids is 2. The lowest BCUT2D eigenvalue weighted by atomic mass is 9.94.